The second kappa shape index (κ2) is 4.12. The molecule has 0 N–H and O–H groups in total. The van der Waals surface area contributed by atoms with Crippen LogP contribution in [0, 0.1) is 0 Å². The van der Waals surface area contributed by atoms with Gasteiger partial charge in [-0.1, -0.05) is 0 Å². The van der Waals surface area contributed by atoms with E-state index >= 15 is 0 Å². The van der Waals surface area contributed by atoms with E-state index in [-0.39, 0.29) is 5.28 Å². The molecule has 2 aromatic rings. The van der Waals surface area contributed by atoms with Crippen molar-refractivity contribution in [2.75, 3.05) is 0 Å². The Morgan fingerprint density at radius 1 is 1.21 bits per heavy atom. The van der Waals surface area contributed by atoms with Crippen molar-refractivity contribution in [3.05, 3.63) is 41.8 Å². The minimum absolute atomic E-state index is 0.276. The van der Waals surface area contributed by atoms with E-state index in [0.717, 1.165) is 15.6 Å². The van der Waals surface area contributed by atoms with Crippen molar-refractivity contribution >= 4 is 32.8 Å². The molecule has 1 heterocycles. The zero-order chi connectivity index (χ0) is 9.97. The van der Waals surface area contributed by atoms with Gasteiger partial charge in [-0.2, -0.15) is 0 Å². The molecule has 68 valence electrons. The van der Waals surface area contributed by atoms with Crippen molar-refractivity contribution < 1.29 is 0 Å². The molecule has 0 amide bonds. The first-order valence-corrected chi connectivity index (χ1v) is 5.35. The number of rotatable bonds is 1. The maximum atomic E-state index is 5.71. The number of halogens is 1. The molecule has 4 heteroatoms. The predicted octanol–water partition coefficient (Wildman–Crippen LogP) is 1.59. The molecule has 0 fully saturated rings. The number of nitrogens with zero attached hydrogens (tertiary/aromatic N) is 2. The van der Waals surface area contributed by atoms with Crippen LogP contribution in [0.5, 0.6) is 0 Å². The molecule has 0 aliphatic carbocycles. The van der Waals surface area contributed by atoms with Gasteiger partial charge in [0.05, 0.1) is 0 Å². The summed E-state index contributed by atoms with van der Waals surface area (Å²) in [5.74, 6) is 0. The number of benzene rings is 1. The molecule has 14 heavy (non-hydrogen) atoms. The van der Waals surface area contributed by atoms with Crippen LogP contribution in [0.2, 0.25) is 5.28 Å². The molecule has 0 aliphatic rings. The fourth-order valence-electron chi connectivity index (χ4n) is 1.16. The number of aromatic nitrogens is 2. The van der Waals surface area contributed by atoms with Crippen LogP contribution in [-0.4, -0.2) is 26.8 Å². The van der Waals surface area contributed by atoms with Crippen LogP contribution in [0.25, 0.3) is 11.3 Å². The third-order valence-corrected chi connectivity index (χ3v) is 2.53. The summed E-state index contributed by atoms with van der Waals surface area (Å²) in [5.41, 5.74) is 1.89. The first-order chi connectivity index (χ1) is 6.75. The Kier molecular flexibility index (Phi) is 2.85. The van der Waals surface area contributed by atoms with Gasteiger partial charge in [0.25, 0.3) is 0 Å². The molecule has 1 aromatic heterocycles. The van der Waals surface area contributed by atoms with Gasteiger partial charge in [-0.05, 0) is 0 Å². The summed E-state index contributed by atoms with van der Waals surface area (Å²) in [6.45, 7) is 0. The molecule has 1 aromatic carbocycles. The van der Waals surface area contributed by atoms with Crippen LogP contribution in [0.15, 0.2) is 36.5 Å². The molecule has 0 spiro atoms. The van der Waals surface area contributed by atoms with Crippen molar-refractivity contribution in [3.8, 4) is 11.3 Å². The van der Waals surface area contributed by atoms with Crippen molar-refractivity contribution in [3.63, 3.8) is 0 Å². The summed E-state index contributed by atoms with van der Waals surface area (Å²) in [5, 5.41) is 0.276. The summed E-state index contributed by atoms with van der Waals surface area (Å²) < 4.78 is 1.14. The zero-order valence-electron chi connectivity index (χ0n) is 7.18. The Hall–Kier alpha value is -0.852. The third-order valence-electron chi connectivity index (χ3n) is 1.77. The molecule has 0 unspecified atom stereocenters. The topological polar surface area (TPSA) is 25.8 Å². The Morgan fingerprint density at radius 2 is 2.07 bits per heavy atom. The molecule has 2 rings (SSSR count). The summed E-state index contributed by atoms with van der Waals surface area (Å²) in [4.78, 5) is 7.97. The second-order valence-corrected chi connectivity index (χ2v) is 4.18. The van der Waals surface area contributed by atoms with E-state index in [9.17, 15) is 0 Å². The first-order valence-electron chi connectivity index (χ1n) is 4.03. The van der Waals surface area contributed by atoms with E-state index < -0.39 is 0 Å². The van der Waals surface area contributed by atoms with Gasteiger partial charge in [0.1, 0.15) is 0 Å². The van der Waals surface area contributed by atoms with Crippen LogP contribution in [0.1, 0.15) is 0 Å². The quantitative estimate of drug-likeness (QED) is 0.577. The van der Waals surface area contributed by atoms with Gasteiger partial charge >= 0.3 is 95.8 Å². The fraction of sp³-hybridized carbons (Fsp3) is 0. The average Bonchev–Trinajstić information content (AvgIpc) is 2.18. The maximum absolute atomic E-state index is 5.71. The molecule has 0 aliphatic heterocycles. The van der Waals surface area contributed by atoms with Gasteiger partial charge < -0.3 is 0 Å². The number of hydrogen-bond donors (Lipinski definition) is 0. The van der Waals surface area contributed by atoms with Crippen LogP contribution in [0.3, 0.4) is 0 Å². The molecular weight excluding hydrogens is 258 g/mol. The van der Waals surface area contributed by atoms with Gasteiger partial charge in [0.15, 0.2) is 0 Å². The predicted molar refractivity (Wildman–Crippen MR) is 57.9 cm³/mol. The first kappa shape index (κ1) is 9.69. The molecule has 0 bridgehead atoms. The van der Waals surface area contributed by atoms with E-state index in [1.165, 1.54) is 0 Å². The van der Waals surface area contributed by atoms with E-state index in [0.29, 0.717) is 0 Å². The van der Waals surface area contributed by atoms with E-state index in [1.807, 2.05) is 30.3 Å². The van der Waals surface area contributed by atoms with Crippen molar-refractivity contribution in [2.24, 2.45) is 0 Å². The van der Waals surface area contributed by atoms with Crippen molar-refractivity contribution in [2.45, 2.75) is 0 Å². The van der Waals surface area contributed by atoms with Gasteiger partial charge in [0, 0.05) is 0 Å². The van der Waals surface area contributed by atoms with E-state index in [4.69, 9.17) is 11.6 Å². The SMILES string of the molecule is Clc1nccc(-c2cccc([As])c2)n1. The van der Waals surface area contributed by atoms with Crippen molar-refractivity contribution in [1.29, 1.82) is 0 Å². The monoisotopic (exact) mass is 264 g/mol. The zero-order valence-corrected chi connectivity index (χ0v) is 9.82. The molecule has 0 atom stereocenters. The third kappa shape index (κ3) is 2.14. The Balaban J connectivity index is 2.49. The van der Waals surface area contributed by atoms with E-state index in [1.54, 1.807) is 6.20 Å². The molecule has 0 saturated carbocycles. The number of hydrogen-bond acceptors (Lipinski definition) is 2. The van der Waals surface area contributed by atoms with E-state index in [2.05, 4.69) is 26.8 Å². The standard InChI is InChI=1S/C10H6AsClN2/c11-8-3-1-2-7(6-8)9-4-5-13-10(12)14-9/h1-6H. The average molecular weight is 265 g/mol. The Labute approximate surface area is 95.9 Å². The van der Waals surface area contributed by atoms with Gasteiger partial charge in [-0.15, -0.1) is 0 Å². The fourth-order valence-corrected chi connectivity index (χ4v) is 1.78. The van der Waals surface area contributed by atoms with Gasteiger partial charge in [-0.25, -0.2) is 0 Å². The summed E-state index contributed by atoms with van der Waals surface area (Å²) >= 11 is 8.21. The molecule has 2 radical (unpaired) electrons. The molecule has 0 saturated heterocycles. The summed E-state index contributed by atoms with van der Waals surface area (Å²) in [6, 6.07) is 9.88. The van der Waals surface area contributed by atoms with Crippen LogP contribution < -0.4 is 4.35 Å². The summed E-state index contributed by atoms with van der Waals surface area (Å²) in [6.07, 6.45) is 1.65. The van der Waals surface area contributed by atoms with Gasteiger partial charge in [-0.3, -0.25) is 0 Å². The minimum atomic E-state index is 0.276. The Morgan fingerprint density at radius 3 is 2.79 bits per heavy atom. The van der Waals surface area contributed by atoms with Crippen LogP contribution in [0.4, 0.5) is 0 Å². The van der Waals surface area contributed by atoms with Crippen LogP contribution >= 0.6 is 11.6 Å². The summed E-state index contributed by atoms with van der Waals surface area (Å²) in [7, 11) is 0. The normalized spacial score (nSPS) is 10.1. The molecule has 2 nitrogen and oxygen atoms in total. The second-order valence-electron chi connectivity index (χ2n) is 2.76. The van der Waals surface area contributed by atoms with Crippen molar-refractivity contribution in [1.82, 2.24) is 9.97 Å². The van der Waals surface area contributed by atoms with Crippen LogP contribution in [-0.2, 0) is 0 Å². The molecular formula is C10H6AsClN2. The van der Waals surface area contributed by atoms with Gasteiger partial charge in [0.2, 0.25) is 0 Å². The Bertz CT molecular complexity index is 416.